The summed E-state index contributed by atoms with van der Waals surface area (Å²) in [5.41, 5.74) is 8.30. The van der Waals surface area contributed by atoms with Crippen LogP contribution in [0.15, 0.2) is 23.2 Å². The quantitative estimate of drug-likeness (QED) is 0.459. The van der Waals surface area contributed by atoms with Gasteiger partial charge in [-0.05, 0) is 30.7 Å². The molecule has 0 fully saturated rings. The molecule has 1 aliphatic heterocycles. The molecule has 0 unspecified atom stereocenters. The maximum Gasteiger partial charge on any atom is 0.122 e. The lowest BCUT2D eigenvalue weighted by Crippen LogP contribution is -2.16. The minimum absolute atomic E-state index is 0.0964. The number of nitrogens with zero attached hydrogens (tertiary/aromatic N) is 1. The lowest BCUT2D eigenvalue weighted by Gasteiger charge is -2.16. The fraction of sp³-hybridized carbons (Fsp3) is 0.200. The predicted molar refractivity (Wildman–Crippen MR) is 57.9 cm³/mol. The Labute approximate surface area is 82.4 Å². The van der Waals surface area contributed by atoms with E-state index in [2.05, 4.69) is 10.3 Å². The summed E-state index contributed by atoms with van der Waals surface area (Å²) in [6.45, 7) is 2.59. The number of anilines is 1. The van der Waals surface area contributed by atoms with Crippen molar-refractivity contribution in [3.05, 3.63) is 29.3 Å². The van der Waals surface area contributed by atoms with E-state index < -0.39 is 0 Å². The first-order valence-corrected chi connectivity index (χ1v) is 4.42. The number of nitrogen functional groups attached to an aromatic ring is 1. The maximum atomic E-state index is 7.31. The predicted octanol–water partition coefficient (Wildman–Crippen LogP) is 1.31. The summed E-state index contributed by atoms with van der Waals surface area (Å²) in [5, 5.41) is 10.5. The molecule has 0 aliphatic carbocycles. The molecule has 1 heterocycles. The van der Waals surface area contributed by atoms with Gasteiger partial charge in [-0.15, -0.1) is 0 Å². The van der Waals surface area contributed by atoms with Crippen molar-refractivity contribution < 1.29 is 0 Å². The highest BCUT2D eigenvalue weighted by Crippen LogP contribution is 2.21. The van der Waals surface area contributed by atoms with Crippen LogP contribution in [-0.2, 0) is 6.54 Å². The summed E-state index contributed by atoms with van der Waals surface area (Å²) in [6.07, 6.45) is 0. The summed E-state index contributed by atoms with van der Waals surface area (Å²) < 4.78 is 0. The topological polar surface area (TPSA) is 74.3 Å². The van der Waals surface area contributed by atoms with Gasteiger partial charge in [0.2, 0.25) is 0 Å². The molecule has 0 amide bonds. The lowest BCUT2D eigenvalue weighted by molar-refractivity contribution is 1.04. The molecular formula is C10H12N4. The molecule has 1 aliphatic rings. The first kappa shape index (κ1) is 8.74. The summed E-state index contributed by atoms with van der Waals surface area (Å²) >= 11 is 0. The number of nitrogens with two attached hydrogens (primary N) is 1. The number of rotatable bonds is 1. The molecule has 72 valence electrons. The molecule has 1 aromatic rings. The molecule has 1 aromatic carbocycles. The van der Waals surface area contributed by atoms with Crippen LogP contribution in [0, 0.1) is 5.41 Å². The van der Waals surface area contributed by atoms with Crippen molar-refractivity contribution in [2.75, 3.05) is 5.32 Å². The molecule has 0 saturated heterocycles. The number of fused-ring (bicyclic) bond motifs is 1. The summed E-state index contributed by atoms with van der Waals surface area (Å²) in [6, 6.07) is 5.68. The zero-order valence-electron chi connectivity index (χ0n) is 7.96. The van der Waals surface area contributed by atoms with Gasteiger partial charge in [0, 0.05) is 11.3 Å². The van der Waals surface area contributed by atoms with Crippen molar-refractivity contribution in [3.63, 3.8) is 0 Å². The highest BCUT2D eigenvalue weighted by Gasteiger charge is 2.09. The maximum absolute atomic E-state index is 7.31. The molecule has 0 aromatic heterocycles. The van der Waals surface area contributed by atoms with Gasteiger partial charge in [0.15, 0.2) is 0 Å². The second-order valence-electron chi connectivity index (χ2n) is 3.31. The minimum atomic E-state index is 0.0964. The summed E-state index contributed by atoms with van der Waals surface area (Å²) in [7, 11) is 0. The summed E-state index contributed by atoms with van der Waals surface area (Å²) in [5.74, 6) is 1.02. The van der Waals surface area contributed by atoms with E-state index in [-0.39, 0.29) is 5.84 Å². The van der Waals surface area contributed by atoms with E-state index in [1.807, 2.05) is 25.1 Å². The van der Waals surface area contributed by atoms with Gasteiger partial charge < -0.3 is 11.1 Å². The number of hydrogen-bond donors (Lipinski definition) is 3. The number of nitrogens with one attached hydrogen (secondary N) is 2. The largest absolute Gasteiger partial charge is 0.384 e. The van der Waals surface area contributed by atoms with Crippen molar-refractivity contribution in [1.29, 1.82) is 5.41 Å². The molecule has 4 heteroatoms. The van der Waals surface area contributed by atoms with E-state index in [0.717, 1.165) is 22.6 Å². The van der Waals surface area contributed by atoms with Crippen LogP contribution in [0.4, 0.5) is 5.69 Å². The van der Waals surface area contributed by atoms with Gasteiger partial charge in [-0.25, -0.2) is 0 Å². The third-order valence-electron chi connectivity index (χ3n) is 2.22. The third-order valence-corrected chi connectivity index (χ3v) is 2.22. The van der Waals surface area contributed by atoms with Gasteiger partial charge in [-0.2, -0.15) is 0 Å². The zero-order chi connectivity index (χ0) is 10.1. The monoisotopic (exact) mass is 188 g/mol. The number of benzene rings is 1. The highest BCUT2D eigenvalue weighted by atomic mass is 15.0. The van der Waals surface area contributed by atoms with Crippen LogP contribution in [0.1, 0.15) is 18.1 Å². The van der Waals surface area contributed by atoms with E-state index in [1.165, 1.54) is 0 Å². The van der Waals surface area contributed by atoms with Crippen LogP contribution in [-0.4, -0.2) is 11.7 Å². The van der Waals surface area contributed by atoms with Crippen LogP contribution in [0.5, 0.6) is 0 Å². The first-order chi connectivity index (χ1) is 6.66. The van der Waals surface area contributed by atoms with Gasteiger partial charge >= 0.3 is 0 Å². The minimum Gasteiger partial charge on any atom is -0.384 e. The van der Waals surface area contributed by atoms with E-state index in [9.17, 15) is 0 Å². The second kappa shape index (κ2) is 3.14. The van der Waals surface area contributed by atoms with Gasteiger partial charge in [0.25, 0.3) is 0 Å². The zero-order valence-corrected chi connectivity index (χ0v) is 7.96. The molecule has 0 spiro atoms. The Kier molecular flexibility index (Phi) is 1.96. The van der Waals surface area contributed by atoms with Crippen molar-refractivity contribution in [1.82, 2.24) is 0 Å². The normalized spacial score (nSPS) is 13.9. The lowest BCUT2D eigenvalue weighted by atomic mass is 10.1. The van der Waals surface area contributed by atoms with Crippen LogP contribution < -0.4 is 11.1 Å². The van der Waals surface area contributed by atoms with Crippen molar-refractivity contribution in [3.8, 4) is 0 Å². The Morgan fingerprint density at radius 3 is 3.07 bits per heavy atom. The Bertz CT molecular complexity index is 420. The molecule has 0 bridgehead atoms. The SMILES string of the molecule is CC1=NCc2cc(C(=N)N)ccc2N1. The first-order valence-electron chi connectivity index (χ1n) is 4.42. The van der Waals surface area contributed by atoms with E-state index in [1.54, 1.807) is 0 Å². The van der Waals surface area contributed by atoms with Gasteiger partial charge in [-0.1, -0.05) is 0 Å². The molecule has 0 radical (unpaired) electrons. The fourth-order valence-electron chi connectivity index (χ4n) is 1.45. The van der Waals surface area contributed by atoms with E-state index in [4.69, 9.17) is 11.1 Å². The van der Waals surface area contributed by atoms with Gasteiger partial charge in [0.1, 0.15) is 5.84 Å². The Hall–Kier alpha value is -1.84. The second-order valence-corrected chi connectivity index (χ2v) is 3.31. The van der Waals surface area contributed by atoms with Gasteiger partial charge in [-0.3, -0.25) is 10.4 Å². The summed E-state index contributed by atoms with van der Waals surface area (Å²) in [4.78, 5) is 4.27. The average Bonchev–Trinajstić information content (AvgIpc) is 2.16. The molecule has 4 nitrogen and oxygen atoms in total. The number of aliphatic imine (C=N–C) groups is 1. The Morgan fingerprint density at radius 2 is 2.36 bits per heavy atom. The molecule has 0 saturated carbocycles. The molecule has 2 rings (SSSR count). The van der Waals surface area contributed by atoms with Crippen LogP contribution in [0.25, 0.3) is 0 Å². The fourth-order valence-corrected chi connectivity index (χ4v) is 1.45. The molecule has 0 atom stereocenters. The smallest absolute Gasteiger partial charge is 0.122 e. The molecule has 14 heavy (non-hydrogen) atoms. The van der Waals surface area contributed by atoms with Crippen molar-refractivity contribution in [2.45, 2.75) is 13.5 Å². The van der Waals surface area contributed by atoms with Crippen LogP contribution in [0.2, 0.25) is 0 Å². The highest BCUT2D eigenvalue weighted by molar-refractivity contribution is 5.98. The van der Waals surface area contributed by atoms with Crippen LogP contribution >= 0.6 is 0 Å². The van der Waals surface area contributed by atoms with Crippen molar-refractivity contribution >= 4 is 17.4 Å². The van der Waals surface area contributed by atoms with Gasteiger partial charge in [0.05, 0.1) is 12.4 Å². The molecule has 4 N–H and O–H groups in total. The Morgan fingerprint density at radius 1 is 1.57 bits per heavy atom. The average molecular weight is 188 g/mol. The van der Waals surface area contributed by atoms with E-state index >= 15 is 0 Å². The van der Waals surface area contributed by atoms with Crippen LogP contribution in [0.3, 0.4) is 0 Å². The molecular weight excluding hydrogens is 176 g/mol. The third kappa shape index (κ3) is 1.46. The standard InChI is InChI=1S/C10H12N4/c1-6-13-5-8-4-7(10(11)12)2-3-9(8)14-6/h2-4H,5H2,1H3,(H3,11,12)(H,13,14). The van der Waals surface area contributed by atoms with Crippen molar-refractivity contribution in [2.24, 2.45) is 10.7 Å². The Balaban J connectivity index is 2.40. The number of amidine groups is 2. The number of hydrogen-bond acceptors (Lipinski definition) is 3. The van der Waals surface area contributed by atoms with E-state index in [0.29, 0.717) is 6.54 Å².